The molecule has 0 radical (unpaired) electrons. The van der Waals surface area contributed by atoms with Crippen LogP contribution in [0.5, 0.6) is 0 Å². The van der Waals surface area contributed by atoms with Gasteiger partial charge >= 0.3 is 0 Å². The quantitative estimate of drug-likeness (QED) is 0.802. The number of carbonyl (C=O) groups is 1. The molecule has 1 aromatic carbocycles. The summed E-state index contributed by atoms with van der Waals surface area (Å²) in [6.07, 6.45) is 3.42. The molecule has 4 nitrogen and oxygen atoms in total. The lowest BCUT2D eigenvalue weighted by atomic mass is 9.95. The number of morpholine rings is 1. The minimum absolute atomic E-state index is 0.161. The van der Waals surface area contributed by atoms with Gasteiger partial charge in [-0.3, -0.25) is 9.69 Å². The third-order valence-electron chi connectivity index (χ3n) is 5.01. The number of nitrogens with zero attached hydrogens (tertiary/aromatic N) is 1. The lowest BCUT2D eigenvalue weighted by Gasteiger charge is -2.35. The summed E-state index contributed by atoms with van der Waals surface area (Å²) in [5.74, 6) is 0.161. The van der Waals surface area contributed by atoms with Gasteiger partial charge in [0.2, 0.25) is 5.91 Å². The molecule has 1 aliphatic heterocycles. The number of carbonyl (C=O) groups excluding carboxylic acids is 1. The number of ether oxygens (including phenoxy) is 1. The van der Waals surface area contributed by atoms with E-state index in [0.717, 1.165) is 51.0 Å². The highest BCUT2D eigenvalue weighted by Crippen LogP contribution is 2.48. The second-order valence-corrected chi connectivity index (χ2v) is 7.65. The molecule has 1 N–H and O–H groups in total. The summed E-state index contributed by atoms with van der Waals surface area (Å²) < 4.78 is 5.75. The molecule has 1 saturated carbocycles. The Morgan fingerprint density at radius 1 is 1.25 bits per heavy atom. The molecule has 5 heteroatoms. The maximum Gasteiger partial charge on any atom is 0.230 e. The monoisotopic (exact) mass is 350 g/mol. The Kier molecular flexibility index (Phi) is 5.48. The van der Waals surface area contributed by atoms with Crippen LogP contribution in [0.1, 0.15) is 38.7 Å². The van der Waals surface area contributed by atoms with Gasteiger partial charge in [0.05, 0.1) is 17.6 Å². The number of nitrogens with one attached hydrogen (secondary N) is 1. The van der Waals surface area contributed by atoms with Crippen LogP contribution >= 0.6 is 11.6 Å². The zero-order chi connectivity index (χ0) is 17.2. The van der Waals surface area contributed by atoms with Crippen LogP contribution in [0, 0.1) is 0 Å². The molecular weight excluding hydrogens is 324 g/mol. The van der Waals surface area contributed by atoms with Gasteiger partial charge < -0.3 is 10.1 Å². The van der Waals surface area contributed by atoms with Crippen LogP contribution in [-0.4, -0.2) is 49.2 Å². The Morgan fingerprint density at radius 2 is 1.88 bits per heavy atom. The number of rotatable bonds is 6. The van der Waals surface area contributed by atoms with E-state index in [1.54, 1.807) is 0 Å². The number of halogens is 1. The topological polar surface area (TPSA) is 41.6 Å². The van der Waals surface area contributed by atoms with E-state index in [9.17, 15) is 4.79 Å². The second kappa shape index (κ2) is 7.42. The molecule has 1 aliphatic carbocycles. The molecule has 0 bridgehead atoms. The van der Waals surface area contributed by atoms with E-state index in [1.165, 1.54) is 0 Å². The molecule has 1 heterocycles. The molecular formula is C19H27ClN2O2. The average molecular weight is 351 g/mol. The number of amides is 1. The Labute approximate surface area is 149 Å². The standard InChI is InChI=1S/C19H27ClN2O2/c1-14-12-22(13-15(2)24-14)11-3-10-21-18(23)19(8-9-19)16-4-6-17(20)7-5-16/h4-7,14-15H,3,8-13H2,1-2H3,(H,21,23). The molecule has 0 spiro atoms. The van der Waals surface area contributed by atoms with Crippen molar-refractivity contribution < 1.29 is 9.53 Å². The SMILES string of the molecule is CC1CN(CCCNC(=O)C2(c3ccc(Cl)cc3)CC2)CC(C)O1. The van der Waals surface area contributed by atoms with Crippen LogP contribution < -0.4 is 5.32 Å². The van der Waals surface area contributed by atoms with Gasteiger partial charge in [-0.2, -0.15) is 0 Å². The van der Waals surface area contributed by atoms with Crippen LogP contribution in [0.4, 0.5) is 0 Å². The first-order valence-electron chi connectivity index (χ1n) is 8.92. The van der Waals surface area contributed by atoms with Crippen molar-refractivity contribution in [3.63, 3.8) is 0 Å². The minimum Gasteiger partial charge on any atom is -0.373 e. The fourth-order valence-electron chi connectivity index (χ4n) is 3.68. The molecule has 132 valence electrons. The van der Waals surface area contributed by atoms with Gasteiger partial charge in [0.15, 0.2) is 0 Å². The van der Waals surface area contributed by atoms with E-state index in [4.69, 9.17) is 16.3 Å². The number of hydrogen-bond acceptors (Lipinski definition) is 3. The Hall–Kier alpha value is -1.10. The maximum atomic E-state index is 12.6. The summed E-state index contributed by atoms with van der Waals surface area (Å²) in [6.45, 7) is 7.93. The first-order chi connectivity index (χ1) is 11.5. The lowest BCUT2D eigenvalue weighted by Crippen LogP contribution is -2.46. The first-order valence-corrected chi connectivity index (χ1v) is 9.29. The van der Waals surface area contributed by atoms with Crippen molar-refractivity contribution >= 4 is 17.5 Å². The fraction of sp³-hybridized carbons (Fsp3) is 0.632. The van der Waals surface area contributed by atoms with Crippen molar-refractivity contribution in [3.8, 4) is 0 Å². The van der Waals surface area contributed by atoms with Crippen molar-refractivity contribution in [3.05, 3.63) is 34.9 Å². The normalized spacial score (nSPS) is 26.1. The average Bonchev–Trinajstić information content (AvgIpc) is 3.33. The summed E-state index contributed by atoms with van der Waals surface area (Å²) in [6, 6.07) is 7.69. The van der Waals surface area contributed by atoms with Crippen molar-refractivity contribution in [1.82, 2.24) is 10.2 Å². The van der Waals surface area contributed by atoms with Crippen molar-refractivity contribution in [2.24, 2.45) is 0 Å². The Balaban J connectivity index is 1.43. The lowest BCUT2D eigenvalue weighted by molar-refractivity contribution is -0.123. The van der Waals surface area contributed by atoms with E-state index < -0.39 is 0 Å². The van der Waals surface area contributed by atoms with Crippen LogP contribution in [-0.2, 0) is 14.9 Å². The summed E-state index contributed by atoms with van der Waals surface area (Å²) in [5, 5.41) is 3.84. The molecule has 2 fully saturated rings. The summed E-state index contributed by atoms with van der Waals surface area (Å²) >= 11 is 5.94. The van der Waals surface area contributed by atoms with Crippen molar-refractivity contribution in [2.45, 2.75) is 50.7 Å². The van der Waals surface area contributed by atoms with Gasteiger partial charge in [-0.25, -0.2) is 0 Å². The van der Waals surface area contributed by atoms with E-state index >= 15 is 0 Å². The van der Waals surface area contributed by atoms with E-state index in [0.29, 0.717) is 17.2 Å². The molecule has 2 atom stereocenters. The summed E-state index contributed by atoms with van der Waals surface area (Å²) in [4.78, 5) is 15.0. The smallest absolute Gasteiger partial charge is 0.230 e. The van der Waals surface area contributed by atoms with Crippen LogP contribution in [0.25, 0.3) is 0 Å². The predicted molar refractivity (Wildman–Crippen MR) is 96.4 cm³/mol. The predicted octanol–water partition coefficient (Wildman–Crippen LogP) is 2.99. The Morgan fingerprint density at radius 3 is 2.46 bits per heavy atom. The molecule has 3 rings (SSSR count). The van der Waals surface area contributed by atoms with E-state index in [1.807, 2.05) is 24.3 Å². The largest absolute Gasteiger partial charge is 0.373 e. The first kappa shape index (κ1) is 17.7. The third-order valence-corrected chi connectivity index (χ3v) is 5.27. The molecule has 1 aromatic rings. The Bertz CT molecular complexity index is 561. The van der Waals surface area contributed by atoms with Gasteiger partial charge in [0.25, 0.3) is 0 Å². The summed E-state index contributed by atoms with van der Waals surface area (Å²) in [7, 11) is 0. The van der Waals surface area contributed by atoms with E-state index in [-0.39, 0.29) is 11.3 Å². The zero-order valence-corrected chi connectivity index (χ0v) is 15.3. The van der Waals surface area contributed by atoms with Crippen molar-refractivity contribution in [2.75, 3.05) is 26.2 Å². The van der Waals surface area contributed by atoms with Gasteiger partial charge in [-0.05, 0) is 50.8 Å². The van der Waals surface area contributed by atoms with Crippen LogP contribution in [0.15, 0.2) is 24.3 Å². The zero-order valence-electron chi connectivity index (χ0n) is 14.6. The van der Waals surface area contributed by atoms with Crippen LogP contribution in [0.2, 0.25) is 5.02 Å². The number of hydrogen-bond donors (Lipinski definition) is 1. The fourth-order valence-corrected chi connectivity index (χ4v) is 3.81. The third kappa shape index (κ3) is 4.11. The van der Waals surface area contributed by atoms with Gasteiger partial charge in [0, 0.05) is 31.2 Å². The molecule has 2 aliphatic rings. The summed E-state index contributed by atoms with van der Waals surface area (Å²) in [5.41, 5.74) is 0.771. The molecule has 1 amide bonds. The maximum absolute atomic E-state index is 12.6. The highest BCUT2D eigenvalue weighted by atomic mass is 35.5. The highest BCUT2D eigenvalue weighted by Gasteiger charge is 2.50. The molecule has 1 saturated heterocycles. The van der Waals surface area contributed by atoms with Gasteiger partial charge in [-0.1, -0.05) is 23.7 Å². The molecule has 0 aromatic heterocycles. The minimum atomic E-state index is -0.313. The van der Waals surface area contributed by atoms with Gasteiger partial charge in [-0.15, -0.1) is 0 Å². The molecule has 2 unspecified atom stereocenters. The van der Waals surface area contributed by atoms with E-state index in [2.05, 4.69) is 24.1 Å². The van der Waals surface area contributed by atoms with Crippen LogP contribution in [0.3, 0.4) is 0 Å². The van der Waals surface area contributed by atoms with Gasteiger partial charge in [0.1, 0.15) is 0 Å². The van der Waals surface area contributed by atoms with Crippen molar-refractivity contribution in [1.29, 1.82) is 0 Å². The highest BCUT2D eigenvalue weighted by molar-refractivity contribution is 6.30. The second-order valence-electron chi connectivity index (χ2n) is 7.22. The number of benzene rings is 1. The molecule has 24 heavy (non-hydrogen) atoms.